The highest BCUT2D eigenvalue weighted by molar-refractivity contribution is 5.96. The summed E-state index contributed by atoms with van der Waals surface area (Å²) in [6.45, 7) is -0.215. The minimum atomic E-state index is -0.417. The van der Waals surface area contributed by atoms with Gasteiger partial charge in [-0.25, -0.2) is 13.8 Å². The molecule has 3 aromatic carbocycles. The number of carbonyl (C=O) groups is 2. The third kappa shape index (κ3) is 5.34. The largest absolute Gasteiger partial charge is 0.347 e. The van der Waals surface area contributed by atoms with E-state index in [-0.39, 0.29) is 24.7 Å². The summed E-state index contributed by atoms with van der Waals surface area (Å²) in [7, 11) is 0. The zero-order valence-corrected chi connectivity index (χ0v) is 17.0. The van der Waals surface area contributed by atoms with Crippen LogP contribution in [0.25, 0.3) is 11.0 Å². The first-order valence-electron chi connectivity index (χ1n) is 9.99. The second-order valence-electron chi connectivity index (χ2n) is 7.32. The fraction of sp³-hybridized carbons (Fsp3) is 0.125. The monoisotopic (exact) mass is 434 g/mol. The summed E-state index contributed by atoms with van der Waals surface area (Å²) < 4.78 is 27.1. The van der Waals surface area contributed by atoms with Crippen LogP contribution < -0.4 is 10.6 Å². The van der Waals surface area contributed by atoms with E-state index in [4.69, 9.17) is 0 Å². The van der Waals surface area contributed by atoms with E-state index < -0.39 is 11.7 Å². The highest BCUT2D eigenvalue weighted by atomic mass is 19.1. The van der Waals surface area contributed by atoms with E-state index in [0.717, 1.165) is 0 Å². The van der Waals surface area contributed by atoms with Gasteiger partial charge in [0.15, 0.2) is 0 Å². The van der Waals surface area contributed by atoms with Gasteiger partial charge in [0.25, 0.3) is 0 Å². The van der Waals surface area contributed by atoms with Gasteiger partial charge in [-0.05, 0) is 47.5 Å². The Morgan fingerprint density at radius 2 is 1.78 bits per heavy atom. The SMILES string of the molecule is O=C(Cc1cccc(F)c1)NCC(=O)Nc1ccc2nc(Cc3ccccc3F)[nH]c2c1. The van der Waals surface area contributed by atoms with Gasteiger partial charge in [-0.2, -0.15) is 0 Å². The van der Waals surface area contributed by atoms with Crippen LogP contribution in [0.3, 0.4) is 0 Å². The quantitative estimate of drug-likeness (QED) is 0.414. The number of fused-ring (bicyclic) bond motifs is 1. The molecular weight excluding hydrogens is 414 g/mol. The predicted octanol–water partition coefficient (Wildman–Crippen LogP) is 3.73. The zero-order valence-electron chi connectivity index (χ0n) is 17.0. The molecule has 0 aliphatic heterocycles. The molecular formula is C24H20F2N4O2. The molecule has 0 bridgehead atoms. The van der Waals surface area contributed by atoms with Crippen LogP contribution in [0.2, 0.25) is 0 Å². The highest BCUT2D eigenvalue weighted by Crippen LogP contribution is 2.19. The molecule has 0 aliphatic rings. The summed E-state index contributed by atoms with van der Waals surface area (Å²) in [6.07, 6.45) is 0.302. The molecule has 0 unspecified atom stereocenters. The van der Waals surface area contributed by atoms with Gasteiger partial charge in [-0.3, -0.25) is 9.59 Å². The highest BCUT2D eigenvalue weighted by Gasteiger charge is 2.10. The third-order valence-electron chi connectivity index (χ3n) is 4.83. The van der Waals surface area contributed by atoms with Gasteiger partial charge in [0, 0.05) is 12.1 Å². The molecule has 0 saturated heterocycles. The number of hydrogen-bond acceptors (Lipinski definition) is 3. The van der Waals surface area contributed by atoms with Crippen molar-refractivity contribution in [2.75, 3.05) is 11.9 Å². The third-order valence-corrected chi connectivity index (χ3v) is 4.83. The first-order valence-corrected chi connectivity index (χ1v) is 9.99. The molecule has 4 rings (SSSR count). The number of anilines is 1. The summed E-state index contributed by atoms with van der Waals surface area (Å²) >= 11 is 0. The van der Waals surface area contributed by atoms with Crippen LogP contribution in [0.15, 0.2) is 66.7 Å². The first-order chi connectivity index (χ1) is 15.5. The molecule has 0 aliphatic carbocycles. The fourth-order valence-electron chi connectivity index (χ4n) is 3.32. The smallest absolute Gasteiger partial charge is 0.243 e. The van der Waals surface area contributed by atoms with Crippen molar-refractivity contribution in [2.24, 2.45) is 0 Å². The number of amides is 2. The van der Waals surface area contributed by atoms with Crippen LogP contribution in [0.4, 0.5) is 14.5 Å². The number of aromatic nitrogens is 2. The second-order valence-corrected chi connectivity index (χ2v) is 7.32. The molecule has 1 heterocycles. The Kier molecular flexibility index (Phi) is 6.21. The molecule has 6 nitrogen and oxygen atoms in total. The molecule has 8 heteroatoms. The Morgan fingerprint density at radius 1 is 0.938 bits per heavy atom. The van der Waals surface area contributed by atoms with Crippen molar-refractivity contribution in [3.8, 4) is 0 Å². The summed E-state index contributed by atoms with van der Waals surface area (Å²) in [5.41, 5.74) is 2.98. The summed E-state index contributed by atoms with van der Waals surface area (Å²) in [6, 6.07) is 17.4. The van der Waals surface area contributed by atoms with Gasteiger partial charge in [0.2, 0.25) is 11.8 Å². The van der Waals surface area contributed by atoms with Crippen LogP contribution in [0, 0.1) is 11.6 Å². The Hall–Kier alpha value is -4.07. The molecule has 4 aromatic rings. The average Bonchev–Trinajstić information content (AvgIpc) is 3.15. The molecule has 32 heavy (non-hydrogen) atoms. The number of rotatable bonds is 7. The standard InChI is InChI=1S/C24H20F2N4O2/c25-17-6-3-4-15(10-17)11-23(31)27-14-24(32)28-18-8-9-20-21(13-18)30-22(29-20)12-16-5-1-2-7-19(16)26/h1-10,13H,11-12,14H2,(H,27,31)(H,28,32)(H,29,30). The van der Waals surface area contributed by atoms with E-state index in [0.29, 0.717) is 40.1 Å². The van der Waals surface area contributed by atoms with E-state index in [1.54, 1.807) is 42.5 Å². The van der Waals surface area contributed by atoms with E-state index in [9.17, 15) is 18.4 Å². The number of nitrogens with one attached hydrogen (secondary N) is 3. The lowest BCUT2D eigenvalue weighted by atomic mass is 10.1. The maximum atomic E-state index is 13.9. The van der Waals surface area contributed by atoms with Gasteiger partial charge >= 0.3 is 0 Å². The minimum absolute atomic E-state index is 0.0179. The van der Waals surface area contributed by atoms with Crippen LogP contribution in [0.5, 0.6) is 0 Å². The molecule has 0 spiro atoms. The maximum Gasteiger partial charge on any atom is 0.243 e. The number of aromatic amines is 1. The van der Waals surface area contributed by atoms with Crippen molar-refractivity contribution < 1.29 is 18.4 Å². The Morgan fingerprint density at radius 3 is 2.59 bits per heavy atom. The number of nitrogens with zero attached hydrogens (tertiary/aromatic N) is 1. The Bertz CT molecular complexity index is 1290. The van der Waals surface area contributed by atoms with Crippen molar-refractivity contribution in [3.63, 3.8) is 0 Å². The number of imidazole rings is 1. The normalized spacial score (nSPS) is 10.8. The number of H-pyrrole nitrogens is 1. The Labute approximate surface area is 182 Å². The number of carbonyl (C=O) groups excluding carboxylic acids is 2. The van der Waals surface area contributed by atoms with Crippen LogP contribution in [-0.4, -0.2) is 28.3 Å². The van der Waals surface area contributed by atoms with Gasteiger partial charge in [-0.15, -0.1) is 0 Å². The van der Waals surface area contributed by atoms with E-state index >= 15 is 0 Å². The second kappa shape index (κ2) is 9.38. The van der Waals surface area contributed by atoms with Crippen molar-refractivity contribution >= 4 is 28.5 Å². The van der Waals surface area contributed by atoms with Crippen LogP contribution in [-0.2, 0) is 22.4 Å². The lowest BCUT2D eigenvalue weighted by Gasteiger charge is -2.07. The molecule has 3 N–H and O–H groups in total. The Balaban J connectivity index is 1.34. The fourth-order valence-corrected chi connectivity index (χ4v) is 3.32. The molecule has 0 fully saturated rings. The summed E-state index contributed by atoms with van der Waals surface area (Å²) in [5, 5.41) is 5.22. The molecule has 0 atom stereocenters. The van der Waals surface area contributed by atoms with Crippen LogP contribution >= 0.6 is 0 Å². The minimum Gasteiger partial charge on any atom is -0.347 e. The topological polar surface area (TPSA) is 86.9 Å². The van der Waals surface area contributed by atoms with E-state index in [1.165, 1.54) is 24.3 Å². The zero-order chi connectivity index (χ0) is 22.5. The van der Waals surface area contributed by atoms with E-state index in [2.05, 4.69) is 20.6 Å². The van der Waals surface area contributed by atoms with Gasteiger partial charge in [0.1, 0.15) is 17.5 Å². The van der Waals surface area contributed by atoms with Crippen LogP contribution in [0.1, 0.15) is 17.0 Å². The number of halogens is 2. The van der Waals surface area contributed by atoms with E-state index in [1.807, 2.05) is 0 Å². The summed E-state index contributed by atoms with van der Waals surface area (Å²) in [5.74, 6) is -0.881. The maximum absolute atomic E-state index is 13.9. The van der Waals surface area contributed by atoms with Crippen molar-refractivity contribution in [3.05, 3.63) is 95.3 Å². The average molecular weight is 434 g/mol. The number of benzene rings is 3. The molecule has 2 amide bonds. The predicted molar refractivity (Wildman–Crippen MR) is 117 cm³/mol. The van der Waals surface area contributed by atoms with Gasteiger partial charge < -0.3 is 15.6 Å². The molecule has 0 saturated carbocycles. The molecule has 0 radical (unpaired) electrons. The molecule has 162 valence electrons. The first kappa shape index (κ1) is 21.2. The number of hydrogen-bond donors (Lipinski definition) is 3. The van der Waals surface area contributed by atoms with Gasteiger partial charge in [-0.1, -0.05) is 30.3 Å². The molecule has 1 aromatic heterocycles. The lowest BCUT2D eigenvalue weighted by Crippen LogP contribution is -2.33. The van der Waals surface area contributed by atoms with Crippen molar-refractivity contribution in [1.29, 1.82) is 0 Å². The van der Waals surface area contributed by atoms with Gasteiger partial charge in [0.05, 0.1) is 24.0 Å². The van der Waals surface area contributed by atoms with Crippen molar-refractivity contribution in [2.45, 2.75) is 12.8 Å². The summed E-state index contributed by atoms with van der Waals surface area (Å²) in [4.78, 5) is 31.8. The lowest BCUT2D eigenvalue weighted by molar-refractivity contribution is -0.123. The van der Waals surface area contributed by atoms with Crippen molar-refractivity contribution in [1.82, 2.24) is 15.3 Å².